The summed E-state index contributed by atoms with van der Waals surface area (Å²) in [6.45, 7) is 0.991. The van der Waals surface area contributed by atoms with Crippen molar-refractivity contribution >= 4 is 17.3 Å². The van der Waals surface area contributed by atoms with Gasteiger partial charge in [-0.25, -0.2) is 0 Å². The highest BCUT2D eigenvalue weighted by molar-refractivity contribution is 6.35. The lowest BCUT2D eigenvalue weighted by atomic mass is 10.1. The van der Waals surface area contributed by atoms with Gasteiger partial charge in [-0.3, -0.25) is 0 Å². The molecule has 0 N–H and O–H groups in total. The fourth-order valence-corrected chi connectivity index (χ4v) is 2.43. The van der Waals surface area contributed by atoms with Crippen LogP contribution in [0.5, 0.6) is 11.5 Å². The van der Waals surface area contributed by atoms with Crippen molar-refractivity contribution in [2.75, 3.05) is 32.7 Å². The van der Waals surface area contributed by atoms with Gasteiger partial charge < -0.3 is 14.4 Å². The lowest BCUT2D eigenvalue weighted by molar-refractivity contribution is 0.355. The quantitative estimate of drug-likeness (QED) is 0.774. The van der Waals surface area contributed by atoms with Gasteiger partial charge in [0.2, 0.25) is 0 Å². The molecule has 0 aromatic heterocycles. The van der Waals surface area contributed by atoms with E-state index >= 15 is 0 Å². The van der Waals surface area contributed by atoms with Crippen LogP contribution in [0.2, 0.25) is 5.02 Å². The molecule has 0 radical (unpaired) electrons. The second-order valence-electron chi connectivity index (χ2n) is 3.61. The van der Waals surface area contributed by atoms with Crippen LogP contribution < -0.4 is 14.4 Å². The second-order valence-corrected chi connectivity index (χ2v) is 3.98. The van der Waals surface area contributed by atoms with Gasteiger partial charge >= 0.3 is 0 Å². The maximum atomic E-state index is 6.29. The molecule has 1 aromatic carbocycles. The number of halogens is 1. The Balaban J connectivity index is 2.62. The molecule has 1 aromatic rings. The van der Waals surface area contributed by atoms with Crippen molar-refractivity contribution in [3.8, 4) is 11.5 Å². The third-order valence-electron chi connectivity index (χ3n) is 2.76. The summed E-state index contributed by atoms with van der Waals surface area (Å²) in [5.41, 5.74) is 2.29. The molecule has 82 valence electrons. The Morgan fingerprint density at radius 1 is 1.33 bits per heavy atom. The molecule has 0 bridgehead atoms. The molecule has 15 heavy (non-hydrogen) atoms. The van der Waals surface area contributed by atoms with Gasteiger partial charge in [0, 0.05) is 13.6 Å². The summed E-state index contributed by atoms with van der Waals surface area (Å²) < 4.78 is 10.5. The van der Waals surface area contributed by atoms with Crippen molar-refractivity contribution < 1.29 is 9.47 Å². The highest BCUT2D eigenvalue weighted by Crippen LogP contribution is 2.46. The smallest absolute Gasteiger partial charge is 0.181 e. The molecule has 0 atom stereocenters. The number of anilines is 1. The first-order chi connectivity index (χ1) is 7.19. The van der Waals surface area contributed by atoms with E-state index in [2.05, 4.69) is 4.90 Å². The Labute approximate surface area is 94.5 Å². The van der Waals surface area contributed by atoms with Crippen LogP contribution in [0.4, 0.5) is 5.69 Å². The Morgan fingerprint density at radius 3 is 2.67 bits per heavy atom. The second kappa shape index (κ2) is 3.81. The monoisotopic (exact) mass is 227 g/mol. The van der Waals surface area contributed by atoms with E-state index in [1.54, 1.807) is 14.2 Å². The van der Waals surface area contributed by atoms with E-state index in [4.69, 9.17) is 21.1 Å². The van der Waals surface area contributed by atoms with E-state index in [-0.39, 0.29) is 0 Å². The summed E-state index contributed by atoms with van der Waals surface area (Å²) in [5.74, 6) is 1.32. The average Bonchev–Trinajstić information content (AvgIpc) is 2.60. The van der Waals surface area contributed by atoms with Crippen LogP contribution in [0.15, 0.2) is 6.07 Å². The fourth-order valence-electron chi connectivity index (χ4n) is 1.99. The maximum Gasteiger partial charge on any atom is 0.181 e. The number of methoxy groups -OCH3 is 2. The lowest BCUT2D eigenvalue weighted by Crippen LogP contribution is -2.13. The number of likely N-dealkylation sites (N-methyl/N-ethyl adjacent to an activating group) is 1. The zero-order chi connectivity index (χ0) is 11.0. The highest BCUT2D eigenvalue weighted by atomic mass is 35.5. The number of hydrogen-bond donors (Lipinski definition) is 0. The molecule has 0 unspecified atom stereocenters. The van der Waals surface area contributed by atoms with Gasteiger partial charge in [0.05, 0.1) is 19.9 Å². The molecule has 1 heterocycles. The van der Waals surface area contributed by atoms with E-state index < -0.39 is 0 Å². The minimum atomic E-state index is 0.617. The predicted molar refractivity (Wildman–Crippen MR) is 61.5 cm³/mol. The summed E-state index contributed by atoms with van der Waals surface area (Å²) in [5, 5.41) is 0.645. The van der Waals surface area contributed by atoms with Crippen LogP contribution in [-0.4, -0.2) is 27.8 Å². The molecule has 0 fully saturated rings. The number of fused-ring (bicyclic) bond motifs is 1. The summed E-state index contributed by atoms with van der Waals surface area (Å²) in [4.78, 5) is 2.14. The van der Waals surface area contributed by atoms with Crippen LogP contribution in [-0.2, 0) is 6.42 Å². The summed E-state index contributed by atoms with van der Waals surface area (Å²) in [6, 6.07) is 2.00. The van der Waals surface area contributed by atoms with E-state index in [0.717, 1.165) is 18.7 Å². The maximum absolute atomic E-state index is 6.29. The van der Waals surface area contributed by atoms with Crippen molar-refractivity contribution in [3.63, 3.8) is 0 Å². The summed E-state index contributed by atoms with van der Waals surface area (Å²) in [7, 11) is 5.26. The van der Waals surface area contributed by atoms with E-state index in [1.165, 1.54) is 5.56 Å². The number of benzene rings is 1. The number of ether oxygens (including phenoxy) is 2. The largest absolute Gasteiger partial charge is 0.493 e. The third-order valence-corrected chi connectivity index (χ3v) is 3.11. The SMILES string of the molecule is COc1cc2c(c(Cl)c1OC)N(C)CC2. The molecular formula is C11H14ClNO2. The minimum absolute atomic E-state index is 0.617. The first-order valence-corrected chi connectivity index (χ1v) is 5.21. The topological polar surface area (TPSA) is 21.7 Å². The van der Waals surface area contributed by atoms with Gasteiger partial charge in [0.25, 0.3) is 0 Å². The van der Waals surface area contributed by atoms with Crippen molar-refractivity contribution in [2.24, 2.45) is 0 Å². The van der Waals surface area contributed by atoms with Crippen LogP contribution in [0.1, 0.15) is 5.56 Å². The summed E-state index contributed by atoms with van der Waals surface area (Å²) >= 11 is 6.29. The van der Waals surface area contributed by atoms with Gasteiger partial charge in [-0.15, -0.1) is 0 Å². The van der Waals surface area contributed by atoms with Crippen LogP contribution in [0.3, 0.4) is 0 Å². The fraction of sp³-hybridized carbons (Fsp3) is 0.455. The minimum Gasteiger partial charge on any atom is -0.493 e. The molecule has 0 amide bonds. The Bertz CT molecular complexity index is 392. The number of rotatable bonds is 2. The molecule has 3 nitrogen and oxygen atoms in total. The van der Waals surface area contributed by atoms with E-state index in [0.29, 0.717) is 16.5 Å². The van der Waals surface area contributed by atoms with E-state index in [9.17, 15) is 0 Å². The van der Waals surface area contributed by atoms with Gasteiger partial charge in [-0.2, -0.15) is 0 Å². The molecule has 0 spiro atoms. The first kappa shape index (κ1) is 10.4. The third kappa shape index (κ3) is 1.51. The van der Waals surface area contributed by atoms with Gasteiger partial charge in [-0.05, 0) is 18.1 Å². The Hall–Kier alpha value is -1.09. The first-order valence-electron chi connectivity index (χ1n) is 4.83. The zero-order valence-electron chi connectivity index (χ0n) is 9.13. The molecule has 0 aliphatic carbocycles. The standard InChI is InChI=1S/C11H14ClNO2/c1-13-5-4-7-6-8(14-2)11(15-3)9(12)10(7)13/h6H,4-5H2,1-3H3. The summed E-state index contributed by atoms with van der Waals surface area (Å²) in [6.07, 6.45) is 1.01. The van der Waals surface area contributed by atoms with Crippen molar-refractivity contribution in [1.29, 1.82) is 0 Å². The van der Waals surface area contributed by atoms with E-state index in [1.807, 2.05) is 13.1 Å². The predicted octanol–water partition coefficient (Wildman–Crippen LogP) is 2.35. The molecule has 2 rings (SSSR count). The lowest BCUT2D eigenvalue weighted by Gasteiger charge is -2.17. The normalized spacial score (nSPS) is 14.0. The zero-order valence-corrected chi connectivity index (χ0v) is 9.89. The molecule has 0 saturated heterocycles. The van der Waals surface area contributed by atoms with Crippen LogP contribution >= 0.6 is 11.6 Å². The Kier molecular flexibility index (Phi) is 2.65. The van der Waals surface area contributed by atoms with Gasteiger partial charge in [0.1, 0.15) is 5.02 Å². The highest BCUT2D eigenvalue weighted by Gasteiger charge is 2.24. The average molecular weight is 228 g/mol. The Morgan fingerprint density at radius 2 is 2.07 bits per heavy atom. The molecule has 1 aliphatic heterocycles. The molecule has 0 saturated carbocycles. The van der Waals surface area contributed by atoms with Crippen LogP contribution in [0.25, 0.3) is 0 Å². The van der Waals surface area contributed by atoms with Crippen molar-refractivity contribution in [1.82, 2.24) is 0 Å². The van der Waals surface area contributed by atoms with Crippen molar-refractivity contribution in [3.05, 3.63) is 16.7 Å². The van der Waals surface area contributed by atoms with Gasteiger partial charge in [0.15, 0.2) is 11.5 Å². The van der Waals surface area contributed by atoms with Crippen LogP contribution in [0, 0.1) is 0 Å². The number of hydrogen-bond acceptors (Lipinski definition) is 3. The number of nitrogens with zero attached hydrogens (tertiary/aromatic N) is 1. The molecule has 4 heteroatoms. The molecule has 1 aliphatic rings. The van der Waals surface area contributed by atoms with Crippen molar-refractivity contribution in [2.45, 2.75) is 6.42 Å². The molecular weight excluding hydrogens is 214 g/mol. The van der Waals surface area contributed by atoms with Gasteiger partial charge in [-0.1, -0.05) is 11.6 Å².